The first-order valence-corrected chi connectivity index (χ1v) is 8.55. The van der Waals surface area contributed by atoms with Crippen LogP contribution in [0.4, 0.5) is 5.69 Å². The fraction of sp³-hybridized carbons (Fsp3) is 0.0500. The van der Waals surface area contributed by atoms with Crippen molar-refractivity contribution in [2.24, 2.45) is 7.05 Å². The second kappa shape index (κ2) is 7.28. The summed E-state index contributed by atoms with van der Waals surface area (Å²) in [5.41, 5.74) is 2.58. The molecule has 0 aliphatic heterocycles. The zero-order valence-electron chi connectivity index (χ0n) is 15.0. The Kier molecular flexibility index (Phi) is 4.51. The number of carbonyl (C=O) groups is 1. The summed E-state index contributed by atoms with van der Waals surface area (Å²) in [7, 11) is 1.58. The van der Waals surface area contributed by atoms with Crippen LogP contribution in [0.5, 0.6) is 0 Å². The van der Waals surface area contributed by atoms with Crippen LogP contribution in [0, 0.1) is 0 Å². The Morgan fingerprint density at radius 1 is 0.929 bits per heavy atom. The summed E-state index contributed by atoms with van der Waals surface area (Å²) in [6.07, 6.45) is 1.41. The largest absolute Gasteiger partial charge is 0.320 e. The topological polar surface area (TPSA) is 94.7 Å². The summed E-state index contributed by atoms with van der Waals surface area (Å²) in [5.74, 6) is -0.389. The molecule has 0 unspecified atom stereocenters. The van der Waals surface area contributed by atoms with Gasteiger partial charge in [0.25, 0.3) is 11.5 Å². The quantitative estimate of drug-likeness (QED) is 0.593. The van der Waals surface area contributed by atoms with Crippen molar-refractivity contribution in [1.82, 2.24) is 24.8 Å². The van der Waals surface area contributed by atoms with Gasteiger partial charge in [-0.3, -0.25) is 9.59 Å². The van der Waals surface area contributed by atoms with Gasteiger partial charge in [0.05, 0.1) is 23.3 Å². The highest BCUT2D eigenvalue weighted by atomic mass is 16.2. The minimum atomic E-state index is -0.389. The fourth-order valence-corrected chi connectivity index (χ4v) is 2.70. The average Bonchev–Trinajstić information content (AvgIpc) is 3.22. The van der Waals surface area contributed by atoms with E-state index in [0.717, 1.165) is 5.69 Å². The van der Waals surface area contributed by atoms with Crippen LogP contribution < -0.4 is 10.9 Å². The Hall–Kier alpha value is -4.07. The molecule has 138 valence electrons. The van der Waals surface area contributed by atoms with Gasteiger partial charge in [-0.2, -0.15) is 15.0 Å². The highest BCUT2D eigenvalue weighted by Crippen LogP contribution is 2.25. The Bertz CT molecular complexity index is 1200. The number of nitrogens with one attached hydrogen (secondary N) is 1. The van der Waals surface area contributed by atoms with Crippen LogP contribution in [0.1, 0.15) is 10.5 Å². The van der Waals surface area contributed by atoms with Crippen molar-refractivity contribution in [2.75, 3.05) is 5.32 Å². The van der Waals surface area contributed by atoms with Crippen LogP contribution in [0.2, 0.25) is 0 Å². The number of nitrogens with zero attached hydrogens (tertiary/aromatic N) is 5. The van der Waals surface area contributed by atoms with Crippen molar-refractivity contribution < 1.29 is 4.79 Å². The van der Waals surface area contributed by atoms with Crippen molar-refractivity contribution in [3.8, 4) is 16.9 Å². The maximum atomic E-state index is 12.7. The van der Waals surface area contributed by atoms with E-state index in [2.05, 4.69) is 20.6 Å². The molecule has 0 bridgehead atoms. The molecule has 8 heteroatoms. The third-order valence-electron chi connectivity index (χ3n) is 4.12. The maximum Gasteiger partial charge on any atom is 0.277 e. The van der Waals surface area contributed by atoms with Crippen molar-refractivity contribution in [1.29, 1.82) is 0 Å². The van der Waals surface area contributed by atoms with E-state index in [-0.39, 0.29) is 17.2 Å². The van der Waals surface area contributed by atoms with E-state index in [1.54, 1.807) is 19.2 Å². The standard InChI is InChI=1S/C20H16N6O2/c1-25-19(27)12-11-17(23-25)15-9-5-6-10-16(15)22-20(28)18-13-21-26(24-18)14-7-3-2-4-8-14/h2-13H,1H3,(H,22,28). The number of hydrogen-bond donors (Lipinski definition) is 1. The summed E-state index contributed by atoms with van der Waals surface area (Å²) in [6, 6.07) is 19.6. The molecular weight excluding hydrogens is 356 g/mol. The molecule has 1 N–H and O–H groups in total. The van der Waals surface area contributed by atoms with Gasteiger partial charge < -0.3 is 5.32 Å². The molecule has 0 fully saturated rings. The lowest BCUT2D eigenvalue weighted by Gasteiger charge is -2.10. The van der Waals surface area contributed by atoms with E-state index in [9.17, 15) is 9.59 Å². The zero-order valence-corrected chi connectivity index (χ0v) is 15.0. The average molecular weight is 372 g/mol. The van der Waals surface area contributed by atoms with Crippen LogP contribution in [-0.2, 0) is 7.05 Å². The predicted molar refractivity (Wildman–Crippen MR) is 104 cm³/mol. The van der Waals surface area contributed by atoms with E-state index in [1.807, 2.05) is 48.5 Å². The van der Waals surface area contributed by atoms with Gasteiger partial charge in [0.1, 0.15) is 0 Å². The molecular formula is C20H16N6O2. The third kappa shape index (κ3) is 3.43. The van der Waals surface area contributed by atoms with E-state index in [4.69, 9.17) is 0 Å². The number of para-hydroxylation sites is 2. The van der Waals surface area contributed by atoms with Crippen molar-refractivity contribution in [3.05, 3.63) is 89.0 Å². The highest BCUT2D eigenvalue weighted by Gasteiger charge is 2.15. The second-order valence-corrected chi connectivity index (χ2v) is 6.03. The van der Waals surface area contributed by atoms with Crippen molar-refractivity contribution in [3.63, 3.8) is 0 Å². The molecule has 8 nitrogen and oxygen atoms in total. The van der Waals surface area contributed by atoms with E-state index >= 15 is 0 Å². The van der Waals surface area contributed by atoms with Gasteiger partial charge in [-0.25, -0.2) is 4.68 Å². The molecule has 28 heavy (non-hydrogen) atoms. The number of carbonyl (C=O) groups excluding carboxylic acids is 1. The van der Waals surface area contributed by atoms with Crippen LogP contribution in [-0.4, -0.2) is 30.7 Å². The molecule has 2 aromatic carbocycles. The van der Waals surface area contributed by atoms with Crippen molar-refractivity contribution in [2.45, 2.75) is 0 Å². The number of anilines is 1. The van der Waals surface area contributed by atoms with E-state index in [1.165, 1.54) is 21.7 Å². The summed E-state index contributed by atoms with van der Waals surface area (Å²) in [5, 5.41) is 15.5. The maximum absolute atomic E-state index is 12.7. The van der Waals surface area contributed by atoms with Crippen LogP contribution >= 0.6 is 0 Å². The summed E-state index contributed by atoms with van der Waals surface area (Å²) in [4.78, 5) is 25.6. The predicted octanol–water partition coefficient (Wildman–Crippen LogP) is 2.28. The van der Waals surface area contributed by atoms with Gasteiger partial charge >= 0.3 is 0 Å². The Labute approximate surface area is 160 Å². The second-order valence-electron chi connectivity index (χ2n) is 6.03. The van der Waals surface area contributed by atoms with Gasteiger partial charge in [0.2, 0.25) is 0 Å². The lowest BCUT2D eigenvalue weighted by molar-refractivity contribution is 0.102. The lowest BCUT2D eigenvalue weighted by atomic mass is 10.1. The number of aryl methyl sites for hydroxylation is 1. The number of hydrogen-bond acceptors (Lipinski definition) is 5. The molecule has 0 saturated carbocycles. The van der Waals surface area contributed by atoms with Gasteiger partial charge in [0, 0.05) is 18.7 Å². The third-order valence-corrected chi connectivity index (χ3v) is 4.12. The lowest BCUT2D eigenvalue weighted by Crippen LogP contribution is -2.19. The fourth-order valence-electron chi connectivity index (χ4n) is 2.70. The number of amides is 1. The first-order valence-electron chi connectivity index (χ1n) is 8.55. The van der Waals surface area contributed by atoms with Gasteiger partial charge in [-0.1, -0.05) is 36.4 Å². The molecule has 4 aromatic rings. The summed E-state index contributed by atoms with van der Waals surface area (Å²) >= 11 is 0. The summed E-state index contributed by atoms with van der Waals surface area (Å²) in [6.45, 7) is 0. The Morgan fingerprint density at radius 3 is 2.46 bits per heavy atom. The normalized spacial score (nSPS) is 10.6. The molecule has 4 rings (SSSR count). The molecule has 0 saturated heterocycles. The van der Waals surface area contributed by atoms with Gasteiger partial charge in [0.15, 0.2) is 5.69 Å². The summed E-state index contributed by atoms with van der Waals surface area (Å²) < 4.78 is 1.25. The zero-order chi connectivity index (χ0) is 19.5. The van der Waals surface area contributed by atoms with Crippen LogP contribution in [0.25, 0.3) is 16.9 Å². The molecule has 0 aliphatic carbocycles. The smallest absolute Gasteiger partial charge is 0.277 e. The van der Waals surface area contributed by atoms with Crippen LogP contribution in [0.3, 0.4) is 0 Å². The molecule has 0 radical (unpaired) electrons. The first-order chi connectivity index (χ1) is 13.6. The highest BCUT2D eigenvalue weighted by molar-refractivity contribution is 6.04. The number of aromatic nitrogens is 5. The monoisotopic (exact) mass is 372 g/mol. The molecule has 2 aromatic heterocycles. The molecule has 2 heterocycles. The van der Waals surface area contributed by atoms with Gasteiger partial charge in [-0.05, 0) is 24.3 Å². The van der Waals surface area contributed by atoms with Crippen molar-refractivity contribution >= 4 is 11.6 Å². The number of benzene rings is 2. The Balaban J connectivity index is 1.61. The SMILES string of the molecule is Cn1nc(-c2ccccc2NC(=O)c2cnn(-c3ccccc3)n2)ccc1=O. The molecule has 1 amide bonds. The Morgan fingerprint density at radius 2 is 1.68 bits per heavy atom. The first kappa shape index (κ1) is 17.3. The van der Waals surface area contributed by atoms with Crippen LogP contribution in [0.15, 0.2) is 77.7 Å². The number of rotatable bonds is 4. The molecule has 0 spiro atoms. The van der Waals surface area contributed by atoms with E-state index in [0.29, 0.717) is 16.9 Å². The molecule has 0 aliphatic rings. The van der Waals surface area contributed by atoms with Gasteiger partial charge in [-0.15, -0.1) is 5.10 Å². The minimum Gasteiger partial charge on any atom is -0.320 e. The minimum absolute atomic E-state index is 0.187. The molecule has 0 atom stereocenters. The van der Waals surface area contributed by atoms with E-state index < -0.39 is 0 Å².